The number of piperidine rings is 1. The van der Waals surface area contributed by atoms with E-state index in [-0.39, 0.29) is 0 Å². The van der Waals surface area contributed by atoms with E-state index in [1.165, 1.54) is 44.2 Å². The van der Waals surface area contributed by atoms with Crippen LogP contribution in [0.4, 0.5) is 0 Å². The van der Waals surface area contributed by atoms with Crippen molar-refractivity contribution >= 4 is 11.6 Å². The lowest BCUT2D eigenvalue weighted by molar-refractivity contribution is 0.0402. The minimum atomic E-state index is 0.328. The fourth-order valence-corrected chi connectivity index (χ4v) is 3.82. The molecule has 2 atom stereocenters. The molecule has 2 unspecified atom stereocenters. The lowest BCUT2D eigenvalue weighted by Gasteiger charge is -2.44. The van der Waals surface area contributed by atoms with E-state index in [1.807, 2.05) is 12.1 Å². The number of rotatable bonds is 4. The molecule has 20 heavy (non-hydrogen) atoms. The number of hydrogen-bond acceptors (Lipinski definition) is 2. The predicted octanol–water partition coefficient (Wildman–Crippen LogP) is 3.89. The van der Waals surface area contributed by atoms with Crippen LogP contribution >= 0.6 is 11.6 Å². The van der Waals surface area contributed by atoms with Crippen molar-refractivity contribution < 1.29 is 5.11 Å². The molecule has 2 aliphatic rings. The van der Waals surface area contributed by atoms with Gasteiger partial charge in [0.2, 0.25) is 0 Å². The molecule has 1 saturated heterocycles. The summed E-state index contributed by atoms with van der Waals surface area (Å²) in [7, 11) is 0. The van der Waals surface area contributed by atoms with Gasteiger partial charge in [-0.15, -0.1) is 0 Å². The summed E-state index contributed by atoms with van der Waals surface area (Å²) in [5.41, 5.74) is 1.40. The third-order valence-corrected chi connectivity index (χ3v) is 5.26. The van der Waals surface area contributed by atoms with Crippen LogP contribution in [0.5, 0.6) is 0 Å². The van der Waals surface area contributed by atoms with Crippen LogP contribution in [0, 0.1) is 11.8 Å². The molecule has 2 fully saturated rings. The van der Waals surface area contributed by atoms with E-state index < -0.39 is 0 Å². The van der Waals surface area contributed by atoms with Crippen LogP contribution in [-0.2, 0) is 0 Å². The van der Waals surface area contributed by atoms with E-state index in [0.29, 0.717) is 18.6 Å². The maximum atomic E-state index is 9.46. The van der Waals surface area contributed by atoms with Crippen molar-refractivity contribution in [2.24, 2.45) is 11.8 Å². The van der Waals surface area contributed by atoms with Gasteiger partial charge in [0.25, 0.3) is 0 Å². The summed E-state index contributed by atoms with van der Waals surface area (Å²) in [6.07, 6.45) is 6.43. The fourth-order valence-electron chi connectivity index (χ4n) is 3.70. The molecule has 0 aromatic heterocycles. The van der Waals surface area contributed by atoms with E-state index in [1.54, 1.807) is 0 Å². The molecule has 1 aliphatic heterocycles. The number of aliphatic hydroxyl groups excluding tert-OH is 1. The Bertz CT molecular complexity index is 429. The van der Waals surface area contributed by atoms with Crippen LogP contribution in [0.3, 0.4) is 0 Å². The Morgan fingerprint density at radius 1 is 1.15 bits per heavy atom. The van der Waals surface area contributed by atoms with Crippen LogP contribution in [-0.4, -0.2) is 29.7 Å². The Morgan fingerprint density at radius 2 is 1.90 bits per heavy atom. The summed E-state index contributed by atoms with van der Waals surface area (Å²) in [5, 5.41) is 10.3. The first kappa shape index (κ1) is 14.4. The van der Waals surface area contributed by atoms with Crippen molar-refractivity contribution in [2.75, 3.05) is 19.7 Å². The predicted molar refractivity (Wildman–Crippen MR) is 82.9 cm³/mol. The van der Waals surface area contributed by atoms with Gasteiger partial charge < -0.3 is 5.11 Å². The summed E-state index contributed by atoms with van der Waals surface area (Å²) < 4.78 is 0. The minimum Gasteiger partial charge on any atom is -0.396 e. The third-order valence-electron chi connectivity index (χ3n) is 5.01. The first-order valence-electron chi connectivity index (χ1n) is 7.88. The maximum absolute atomic E-state index is 9.46. The highest BCUT2D eigenvalue weighted by molar-refractivity contribution is 6.30. The summed E-state index contributed by atoms with van der Waals surface area (Å²) in [5.74, 6) is 1.24. The first-order chi connectivity index (χ1) is 9.78. The smallest absolute Gasteiger partial charge is 0.0471 e. The van der Waals surface area contributed by atoms with Crippen molar-refractivity contribution in [3.8, 4) is 0 Å². The molecular formula is C17H24ClNO. The number of aliphatic hydroxyl groups is 1. The molecule has 0 bridgehead atoms. The molecule has 1 N–H and O–H groups in total. The summed E-state index contributed by atoms with van der Waals surface area (Å²) in [6, 6.07) is 8.92. The molecule has 1 aliphatic carbocycles. The average Bonchev–Trinajstić information content (AvgIpc) is 2.44. The molecule has 1 heterocycles. The van der Waals surface area contributed by atoms with Gasteiger partial charge in [-0.05, 0) is 61.8 Å². The Kier molecular flexibility index (Phi) is 4.65. The molecule has 3 heteroatoms. The van der Waals surface area contributed by atoms with Crippen molar-refractivity contribution in [3.05, 3.63) is 34.9 Å². The van der Waals surface area contributed by atoms with Crippen LogP contribution < -0.4 is 0 Å². The Labute approximate surface area is 126 Å². The van der Waals surface area contributed by atoms with Crippen molar-refractivity contribution in [2.45, 2.75) is 38.1 Å². The molecule has 1 saturated carbocycles. The largest absolute Gasteiger partial charge is 0.396 e. The van der Waals surface area contributed by atoms with Gasteiger partial charge in [-0.1, -0.05) is 30.2 Å². The molecule has 1 aromatic rings. The van der Waals surface area contributed by atoms with Crippen LogP contribution in [0.15, 0.2) is 24.3 Å². The standard InChI is InChI=1S/C17H24ClNO/c18-16-8-6-15(7-9-16)17(14-4-1-5-14)19-10-2-3-13(11-19)12-20/h6-9,13-14,17,20H,1-5,10-12H2. The molecule has 0 radical (unpaired) electrons. The van der Waals surface area contributed by atoms with E-state index in [4.69, 9.17) is 11.6 Å². The molecule has 3 rings (SSSR count). The molecule has 1 aromatic carbocycles. The highest BCUT2D eigenvalue weighted by Crippen LogP contribution is 2.42. The van der Waals surface area contributed by atoms with Gasteiger partial charge in [0.15, 0.2) is 0 Å². The molecular weight excluding hydrogens is 270 g/mol. The van der Waals surface area contributed by atoms with Crippen molar-refractivity contribution in [1.29, 1.82) is 0 Å². The number of benzene rings is 1. The van der Waals surface area contributed by atoms with E-state index in [2.05, 4.69) is 17.0 Å². The summed E-state index contributed by atoms with van der Waals surface area (Å²) >= 11 is 6.03. The van der Waals surface area contributed by atoms with Gasteiger partial charge in [-0.2, -0.15) is 0 Å². The van der Waals surface area contributed by atoms with Crippen molar-refractivity contribution in [3.63, 3.8) is 0 Å². The highest BCUT2D eigenvalue weighted by Gasteiger charge is 2.35. The summed E-state index contributed by atoms with van der Waals surface area (Å²) in [4.78, 5) is 2.61. The SMILES string of the molecule is OCC1CCCN(C(c2ccc(Cl)cc2)C2CCC2)C1. The monoisotopic (exact) mass is 293 g/mol. The average molecular weight is 294 g/mol. The zero-order chi connectivity index (χ0) is 13.9. The first-order valence-corrected chi connectivity index (χ1v) is 8.26. The van der Waals surface area contributed by atoms with Gasteiger partial charge in [-0.3, -0.25) is 4.90 Å². The zero-order valence-electron chi connectivity index (χ0n) is 12.0. The van der Waals surface area contributed by atoms with Crippen LogP contribution in [0.25, 0.3) is 0 Å². The Hall–Kier alpha value is -0.570. The van der Waals surface area contributed by atoms with Gasteiger partial charge in [0.1, 0.15) is 0 Å². The Balaban J connectivity index is 1.80. The normalized spacial score (nSPS) is 26.2. The number of nitrogens with zero attached hydrogens (tertiary/aromatic N) is 1. The van der Waals surface area contributed by atoms with Crippen LogP contribution in [0.1, 0.15) is 43.7 Å². The minimum absolute atomic E-state index is 0.328. The van der Waals surface area contributed by atoms with Gasteiger partial charge >= 0.3 is 0 Å². The third kappa shape index (κ3) is 3.03. The highest BCUT2D eigenvalue weighted by atomic mass is 35.5. The summed E-state index contributed by atoms with van der Waals surface area (Å²) in [6.45, 7) is 2.54. The number of hydrogen-bond donors (Lipinski definition) is 1. The van der Waals surface area contributed by atoms with E-state index in [9.17, 15) is 5.11 Å². The molecule has 110 valence electrons. The van der Waals surface area contributed by atoms with E-state index >= 15 is 0 Å². The number of halogens is 1. The van der Waals surface area contributed by atoms with Crippen molar-refractivity contribution in [1.82, 2.24) is 4.90 Å². The number of likely N-dealkylation sites (tertiary alicyclic amines) is 1. The van der Waals surface area contributed by atoms with Gasteiger partial charge in [0.05, 0.1) is 0 Å². The molecule has 2 nitrogen and oxygen atoms in total. The quantitative estimate of drug-likeness (QED) is 0.910. The van der Waals surface area contributed by atoms with Crippen LogP contribution in [0.2, 0.25) is 5.02 Å². The maximum Gasteiger partial charge on any atom is 0.0471 e. The second-order valence-corrected chi connectivity index (χ2v) is 6.81. The van der Waals surface area contributed by atoms with Gasteiger partial charge in [0, 0.05) is 24.2 Å². The van der Waals surface area contributed by atoms with E-state index in [0.717, 1.165) is 17.5 Å². The lowest BCUT2D eigenvalue weighted by Crippen LogP contribution is -2.43. The second kappa shape index (κ2) is 6.46. The zero-order valence-corrected chi connectivity index (χ0v) is 12.7. The topological polar surface area (TPSA) is 23.5 Å². The lowest BCUT2D eigenvalue weighted by atomic mass is 9.75. The molecule has 0 amide bonds. The fraction of sp³-hybridized carbons (Fsp3) is 0.647. The Morgan fingerprint density at radius 3 is 2.50 bits per heavy atom. The second-order valence-electron chi connectivity index (χ2n) is 6.37. The van der Waals surface area contributed by atoms with Gasteiger partial charge in [-0.25, -0.2) is 0 Å². The molecule has 0 spiro atoms.